The summed E-state index contributed by atoms with van der Waals surface area (Å²) in [7, 11) is 0. The number of allylic oxidation sites excluding steroid dienone is 6. The van der Waals surface area contributed by atoms with Gasteiger partial charge in [-0.3, -0.25) is 4.79 Å². The molecule has 1 heterocycles. The number of rotatable bonds is 2. The predicted molar refractivity (Wildman–Crippen MR) is 88.2 cm³/mol. The maximum atomic E-state index is 10.9. The SMILES string of the molecule is O=C(O)CC1CCC=CCC=CCC=CCCCCS1. The zero-order valence-corrected chi connectivity index (χ0v) is 13.0. The van der Waals surface area contributed by atoms with E-state index in [1.54, 1.807) is 0 Å². The van der Waals surface area contributed by atoms with Crippen molar-refractivity contribution < 1.29 is 9.90 Å². The molecule has 20 heavy (non-hydrogen) atoms. The van der Waals surface area contributed by atoms with Crippen molar-refractivity contribution in [3.8, 4) is 0 Å². The van der Waals surface area contributed by atoms with E-state index in [1.807, 2.05) is 11.8 Å². The summed E-state index contributed by atoms with van der Waals surface area (Å²) in [5.74, 6) is 0.404. The minimum absolute atomic E-state index is 0.260. The molecule has 0 saturated heterocycles. The van der Waals surface area contributed by atoms with Crippen LogP contribution < -0.4 is 0 Å². The molecule has 0 aromatic carbocycles. The molecule has 0 aromatic rings. The number of aliphatic carboxylic acids is 1. The van der Waals surface area contributed by atoms with Crippen LogP contribution in [0, 0.1) is 0 Å². The minimum Gasteiger partial charge on any atom is -0.481 e. The third-order valence-electron chi connectivity index (χ3n) is 3.22. The molecule has 1 aliphatic rings. The van der Waals surface area contributed by atoms with Gasteiger partial charge in [0.25, 0.3) is 0 Å². The summed E-state index contributed by atoms with van der Waals surface area (Å²) in [4.78, 5) is 10.9. The third-order valence-corrected chi connectivity index (χ3v) is 4.62. The van der Waals surface area contributed by atoms with Gasteiger partial charge < -0.3 is 5.11 Å². The number of carboxylic acids is 1. The molecule has 0 fully saturated rings. The Morgan fingerprint density at radius 3 is 2.35 bits per heavy atom. The molecule has 0 spiro atoms. The maximum absolute atomic E-state index is 10.9. The lowest BCUT2D eigenvalue weighted by atomic mass is 10.1. The standard InChI is InChI=1S/C17H26O2S/c18-17(19)15-16-13-11-9-7-5-3-1-2-4-6-8-10-12-14-20-16/h1,3-4,6-7,9,16H,2,5,8,10-15H2,(H,18,19). The average Bonchev–Trinajstić information content (AvgIpc) is 2.40. The lowest BCUT2D eigenvalue weighted by Crippen LogP contribution is -2.10. The van der Waals surface area contributed by atoms with Crippen LogP contribution in [0.15, 0.2) is 36.5 Å². The Bertz CT molecular complexity index is 345. The molecule has 1 N–H and O–H groups in total. The van der Waals surface area contributed by atoms with Gasteiger partial charge in [-0.15, -0.1) is 0 Å². The fraction of sp³-hybridized carbons (Fsp3) is 0.588. The van der Waals surface area contributed by atoms with Crippen LogP contribution in [-0.2, 0) is 4.79 Å². The quantitative estimate of drug-likeness (QED) is 0.730. The fourth-order valence-corrected chi connectivity index (χ4v) is 3.38. The van der Waals surface area contributed by atoms with E-state index in [0.717, 1.165) is 37.9 Å². The molecule has 0 aromatic heterocycles. The second-order valence-corrected chi connectivity index (χ2v) is 6.46. The first-order chi connectivity index (χ1) is 9.79. The van der Waals surface area contributed by atoms with Gasteiger partial charge in [0.05, 0.1) is 6.42 Å². The first kappa shape index (κ1) is 17.1. The second kappa shape index (κ2) is 11.8. The summed E-state index contributed by atoms with van der Waals surface area (Å²) in [5.41, 5.74) is 0. The Morgan fingerprint density at radius 2 is 1.65 bits per heavy atom. The molecule has 1 rings (SSSR count). The Balaban J connectivity index is 2.43. The summed E-state index contributed by atoms with van der Waals surface area (Å²) in [6.45, 7) is 0. The highest BCUT2D eigenvalue weighted by molar-refractivity contribution is 7.99. The van der Waals surface area contributed by atoms with Crippen LogP contribution in [0.4, 0.5) is 0 Å². The first-order valence-corrected chi connectivity index (χ1v) is 8.62. The van der Waals surface area contributed by atoms with Crippen molar-refractivity contribution in [2.75, 3.05) is 5.75 Å². The monoisotopic (exact) mass is 294 g/mol. The van der Waals surface area contributed by atoms with E-state index in [0.29, 0.717) is 0 Å². The summed E-state index contributed by atoms with van der Waals surface area (Å²) in [5, 5.41) is 9.22. The molecule has 0 amide bonds. The number of hydrogen-bond acceptors (Lipinski definition) is 2. The van der Waals surface area contributed by atoms with Gasteiger partial charge >= 0.3 is 5.97 Å². The second-order valence-electron chi connectivity index (χ2n) is 5.05. The predicted octanol–water partition coefficient (Wildman–Crippen LogP) is 4.98. The van der Waals surface area contributed by atoms with Crippen LogP contribution in [0.3, 0.4) is 0 Å². The van der Waals surface area contributed by atoms with Crippen molar-refractivity contribution in [1.82, 2.24) is 0 Å². The Labute approximate surface area is 127 Å². The zero-order chi connectivity index (χ0) is 14.5. The van der Waals surface area contributed by atoms with E-state index >= 15 is 0 Å². The van der Waals surface area contributed by atoms with E-state index in [4.69, 9.17) is 5.11 Å². The van der Waals surface area contributed by atoms with Gasteiger partial charge in [-0.05, 0) is 50.7 Å². The van der Waals surface area contributed by atoms with Crippen LogP contribution in [0.1, 0.15) is 51.4 Å². The van der Waals surface area contributed by atoms with E-state index in [1.165, 1.54) is 12.8 Å². The summed E-state index contributed by atoms with van der Waals surface area (Å²) in [6, 6.07) is 0. The van der Waals surface area contributed by atoms with Gasteiger partial charge in [-0.25, -0.2) is 0 Å². The first-order valence-electron chi connectivity index (χ1n) is 7.57. The van der Waals surface area contributed by atoms with Gasteiger partial charge in [-0.2, -0.15) is 11.8 Å². The lowest BCUT2D eigenvalue weighted by Gasteiger charge is -2.13. The number of hydrogen-bond donors (Lipinski definition) is 1. The average molecular weight is 294 g/mol. The van der Waals surface area contributed by atoms with Crippen molar-refractivity contribution >= 4 is 17.7 Å². The Hall–Kier alpha value is -0.960. The van der Waals surface area contributed by atoms with E-state index in [9.17, 15) is 4.79 Å². The zero-order valence-electron chi connectivity index (χ0n) is 12.2. The van der Waals surface area contributed by atoms with Crippen molar-refractivity contribution in [3.63, 3.8) is 0 Å². The molecule has 3 heteroatoms. The summed E-state index contributed by atoms with van der Waals surface area (Å²) in [6.07, 6.45) is 21.0. The lowest BCUT2D eigenvalue weighted by molar-refractivity contribution is -0.137. The van der Waals surface area contributed by atoms with Gasteiger partial charge in [0.2, 0.25) is 0 Å². The van der Waals surface area contributed by atoms with Crippen LogP contribution in [0.25, 0.3) is 0 Å². The molecule has 0 radical (unpaired) electrons. The van der Waals surface area contributed by atoms with Crippen LogP contribution >= 0.6 is 11.8 Å². The minimum atomic E-state index is -0.674. The molecule has 0 aliphatic carbocycles. The van der Waals surface area contributed by atoms with Crippen LogP contribution in [0.5, 0.6) is 0 Å². The highest BCUT2D eigenvalue weighted by Gasteiger charge is 2.12. The molecule has 0 saturated carbocycles. The van der Waals surface area contributed by atoms with Crippen molar-refractivity contribution in [2.24, 2.45) is 0 Å². The van der Waals surface area contributed by atoms with Crippen LogP contribution in [-0.4, -0.2) is 22.1 Å². The molecule has 112 valence electrons. The highest BCUT2D eigenvalue weighted by atomic mass is 32.2. The van der Waals surface area contributed by atoms with E-state index in [-0.39, 0.29) is 11.7 Å². The number of carboxylic acid groups (broad SMARTS) is 1. The highest BCUT2D eigenvalue weighted by Crippen LogP contribution is 2.22. The summed E-state index contributed by atoms with van der Waals surface area (Å²) >= 11 is 1.83. The van der Waals surface area contributed by atoms with E-state index < -0.39 is 5.97 Å². The van der Waals surface area contributed by atoms with Crippen LogP contribution in [0.2, 0.25) is 0 Å². The van der Waals surface area contributed by atoms with Gasteiger partial charge in [0, 0.05) is 5.25 Å². The molecule has 1 unspecified atom stereocenters. The number of carbonyl (C=O) groups is 1. The van der Waals surface area contributed by atoms with E-state index in [2.05, 4.69) is 36.5 Å². The summed E-state index contributed by atoms with van der Waals surface area (Å²) < 4.78 is 0. The molecular weight excluding hydrogens is 268 g/mol. The molecule has 1 aliphatic heterocycles. The molecular formula is C17H26O2S. The van der Waals surface area contributed by atoms with Gasteiger partial charge in [0.1, 0.15) is 0 Å². The van der Waals surface area contributed by atoms with Crippen molar-refractivity contribution in [2.45, 2.75) is 56.6 Å². The Morgan fingerprint density at radius 1 is 1.00 bits per heavy atom. The molecule has 2 nitrogen and oxygen atoms in total. The topological polar surface area (TPSA) is 37.3 Å². The normalized spacial score (nSPS) is 22.7. The van der Waals surface area contributed by atoms with Crippen molar-refractivity contribution in [3.05, 3.63) is 36.5 Å². The number of thioether (sulfide) groups is 1. The maximum Gasteiger partial charge on any atom is 0.304 e. The Kier molecular flexibility index (Phi) is 10.1. The molecule has 0 bridgehead atoms. The molecule has 1 atom stereocenters. The van der Waals surface area contributed by atoms with Gasteiger partial charge in [-0.1, -0.05) is 36.5 Å². The smallest absolute Gasteiger partial charge is 0.304 e. The fourth-order valence-electron chi connectivity index (χ4n) is 2.11. The van der Waals surface area contributed by atoms with Crippen molar-refractivity contribution in [1.29, 1.82) is 0 Å². The third kappa shape index (κ3) is 9.90. The largest absolute Gasteiger partial charge is 0.481 e. The van der Waals surface area contributed by atoms with Gasteiger partial charge in [0.15, 0.2) is 0 Å².